The van der Waals surface area contributed by atoms with Gasteiger partial charge < -0.3 is 20.3 Å². The van der Waals surface area contributed by atoms with E-state index in [-0.39, 0.29) is 5.91 Å². The van der Waals surface area contributed by atoms with Crippen LogP contribution >= 0.6 is 0 Å². The van der Waals surface area contributed by atoms with Crippen LogP contribution in [0.15, 0.2) is 12.1 Å². The number of ether oxygens (including phenoxy) is 1. The highest BCUT2D eigenvalue weighted by Gasteiger charge is 2.33. The number of nitrogens with one attached hydrogen (secondary N) is 2. The molecule has 1 heterocycles. The average molecular weight is 334 g/mol. The number of hydrogen-bond acceptors (Lipinski definition) is 5. The standard InChI is InChI=1S/C18H30N4O2/c1-13-9-15(13)12-22(3)17-11-14(10-16(19-2)21-17)18(23)20-7-5-6-8-24-4/h10-11,13,15H,5-9,12H2,1-4H3,(H,19,21)(H,20,23)/t13-,15?/m0/s1. The van der Waals surface area contributed by atoms with E-state index in [1.54, 1.807) is 13.2 Å². The summed E-state index contributed by atoms with van der Waals surface area (Å²) in [5, 5.41) is 6.01. The number of anilines is 2. The molecular formula is C18H30N4O2. The maximum absolute atomic E-state index is 12.4. The zero-order chi connectivity index (χ0) is 17.5. The van der Waals surface area contributed by atoms with Crippen LogP contribution in [0.1, 0.15) is 36.5 Å². The smallest absolute Gasteiger partial charge is 0.251 e. The number of carbonyl (C=O) groups excluding carboxylic acids is 1. The second-order valence-electron chi connectivity index (χ2n) is 6.66. The molecule has 1 fully saturated rings. The van der Waals surface area contributed by atoms with Gasteiger partial charge in [-0.25, -0.2) is 4.98 Å². The van der Waals surface area contributed by atoms with Gasteiger partial charge >= 0.3 is 0 Å². The molecule has 2 N–H and O–H groups in total. The van der Waals surface area contributed by atoms with E-state index in [1.165, 1.54) is 6.42 Å². The molecule has 2 atom stereocenters. The average Bonchev–Trinajstić information content (AvgIpc) is 3.28. The highest BCUT2D eigenvalue weighted by Crippen LogP contribution is 2.38. The summed E-state index contributed by atoms with van der Waals surface area (Å²) in [5.74, 6) is 3.04. The molecule has 0 aromatic carbocycles. The van der Waals surface area contributed by atoms with Gasteiger partial charge in [0.2, 0.25) is 0 Å². The monoisotopic (exact) mass is 334 g/mol. The zero-order valence-electron chi connectivity index (χ0n) is 15.3. The first kappa shape index (κ1) is 18.5. The Labute approximate surface area is 145 Å². The van der Waals surface area contributed by atoms with Crippen molar-refractivity contribution >= 4 is 17.5 Å². The Balaban J connectivity index is 1.97. The Morgan fingerprint density at radius 2 is 2.17 bits per heavy atom. The van der Waals surface area contributed by atoms with E-state index < -0.39 is 0 Å². The Kier molecular flexibility index (Phi) is 6.85. The van der Waals surface area contributed by atoms with Gasteiger partial charge in [-0.2, -0.15) is 0 Å². The molecule has 1 aliphatic rings. The predicted molar refractivity (Wildman–Crippen MR) is 97.8 cm³/mol. The van der Waals surface area contributed by atoms with Crippen LogP contribution in [-0.4, -0.2) is 51.8 Å². The summed E-state index contributed by atoms with van der Waals surface area (Å²) in [7, 11) is 5.55. The number of rotatable bonds is 10. The number of carbonyl (C=O) groups is 1. The number of methoxy groups -OCH3 is 1. The highest BCUT2D eigenvalue weighted by molar-refractivity contribution is 5.95. The molecule has 1 saturated carbocycles. The maximum atomic E-state index is 12.4. The summed E-state index contributed by atoms with van der Waals surface area (Å²) >= 11 is 0. The third kappa shape index (κ3) is 5.37. The summed E-state index contributed by atoms with van der Waals surface area (Å²) < 4.78 is 5.02. The number of nitrogens with zero attached hydrogens (tertiary/aromatic N) is 2. The molecule has 1 aromatic heterocycles. The van der Waals surface area contributed by atoms with E-state index in [2.05, 4.69) is 27.4 Å². The Morgan fingerprint density at radius 1 is 1.42 bits per heavy atom. The van der Waals surface area contributed by atoms with Gasteiger partial charge in [-0.05, 0) is 43.2 Å². The van der Waals surface area contributed by atoms with Gasteiger partial charge in [-0.1, -0.05) is 6.92 Å². The summed E-state index contributed by atoms with van der Waals surface area (Å²) in [6.07, 6.45) is 3.14. The van der Waals surface area contributed by atoms with Gasteiger partial charge in [0.15, 0.2) is 0 Å². The Hall–Kier alpha value is -1.82. The van der Waals surface area contributed by atoms with E-state index in [1.807, 2.05) is 20.2 Å². The van der Waals surface area contributed by atoms with Gasteiger partial charge in [0.05, 0.1) is 0 Å². The van der Waals surface area contributed by atoms with Crippen LogP contribution in [-0.2, 0) is 4.74 Å². The second-order valence-corrected chi connectivity index (χ2v) is 6.66. The number of hydrogen-bond donors (Lipinski definition) is 2. The van der Waals surface area contributed by atoms with Crippen LogP contribution in [0, 0.1) is 11.8 Å². The fraction of sp³-hybridized carbons (Fsp3) is 0.667. The SMILES string of the molecule is CNc1cc(C(=O)NCCCCOC)cc(N(C)CC2C[C@@H]2C)n1. The minimum absolute atomic E-state index is 0.0549. The molecule has 0 spiro atoms. The first-order chi connectivity index (χ1) is 11.5. The van der Waals surface area contributed by atoms with Crippen molar-refractivity contribution in [1.82, 2.24) is 10.3 Å². The zero-order valence-corrected chi connectivity index (χ0v) is 15.3. The minimum atomic E-state index is -0.0549. The number of aromatic nitrogens is 1. The van der Waals surface area contributed by atoms with Gasteiger partial charge in [0.1, 0.15) is 11.6 Å². The molecule has 0 bridgehead atoms. The molecular weight excluding hydrogens is 304 g/mol. The molecule has 134 valence electrons. The van der Waals surface area contributed by atoms with Crippen molar-refractivity contribution in [3.63, 3.8) is 0 Å². The fourth-order valence-corrected chi connectivity index (χ4v) is 2.74. The van der Waals surface area contributed by atoms with Crippen LogP contribution < -0.4 is 15.5 Å². The van der Waals surface area contributed by atoms with Crippen LogP contribution in [0.2, 0.25) is 0 Å². The van der Waals surface area contributed by atoms with Crippen molar-refractivity contribution in [2.75, 3.05) is 51.1 Å². The van der Waals surface area contributed by atoms with Crippen molar-refractivity contribution in [3.8, 4) is 0 Å². The summed E-state index contributed by atoms with van der Waals surface area (Å²) in [5.41, 5.74) is 0.645. The molecule has 1 unspecified atom stereocenters. The van der Waals surface area contributed by atoms with Gasteiger partial charge in [-0.3, -0.25) is 4.79 Å². The van der Waals surface area contributed by atoms with Crippen LogP contribution in [0.25, 0.3) is 0 Å². The lowest BCUT2D eigenvalue weighted by Gasteiger charge is -2.20. The summed E-state index contributed by atoms with van der Waals surface area (Å²) in [6, 6.07) is 3.67. The third-order valence-electron chi connectivity index (χ3n) is 4.57. The largest absolute Gasteiger partial charge is 0.385 e. The van der Waals surface area contributed by atoms with E-state index >= 15 is 0 Å². The molecule has 0 saturated heterocycles. The van der Waals surface area contributed by atoms with E-state index in [9.17, 15) is 4.79 Å². The molecule has 0 aliphatic heterocycles. The number of amides is 1. The molecule has 1 aromatic rings. The maximum Gasteiger partial charge on any atom is 0.251 e. The van der Waals surface area contributed by atoms with Crippen molar-refractivity contribution in [2.45, 2.75) is 26.2 Å². The molecule has 1 aliphatic carbocycles. The van der Waals surface area contributed by atoms with Crippen LogP contribution in [0.5, 0.6) is 0 Å². The van der Waals surface area contributed by atoms with Crippen LogP contribution in [0.4, 0.5) is 11.6 Å². The topological polar surface area (TPSA) is 66.5 Å². The fourth-order valence-electron chi connectivity index (χ4n) is 2.74. The lowest BCUT2D eigenvalue weighted by atomic mass is 10.2. The predicted octanol–water partition coefficient (Wildman–Crippen LogP) is 2.37. The van der Waals surface area contributed by atoms with Crippen LogP contribution in [0.3, 0.4) is 0 Å². The first-order valence-electron chi connectivity index (χ1n) is 8.73. The van der Waals surface area contributed by atoms with E-state index in [0.29, 0.717) is 17.9 Å². The lowest BCUT2D eigenvalue weighted by molar-refractivity contribution is 0.0951. The molecule has 24 heavy (non-hydrogen) atoms. The van der Waals surface area contributed by atoms with Gasteiger partial charge in [0.25, 0.3) is 5.91 Å². The number of unbranched alkanes of at least 4 members (excludes halogenated alkanes) is 1. The molecule has 6 nitrogen and oxygen atoms in total. The Morgan fingerprint density at radius 3 is 2.79 bits per heavy atom. The van der Waals surface area contributed by atoms with E-state index in [0.717, 1.165) is 43.6 Å². The van der Waals surface area contributed by atoms with Crippen molar-refractivity contribution in [2.24, 2.45) is 11.8 Å². The second kappa shape index (κ2) is 8.87. The normalized spacial score (nSPS) is 19.0. The summed E-state index contributed by atoms with van der Waals surface area (Å²) in [4.78, 5) is 19.1. The molecule has 2 rings (SSSR count). The van der Waals surface area contributed by atoms with Gasteiger partial charge in [-0.15, -0.1) is 0 Å². The van der Waals surface area contributed by atoms with Crippen molar-refractivity contribution < 1.29 is 9.53 Å². The molecule has 0 radical (unpaired) electrons. The number of pyridine rings is 1. The first-order valence-corrected chi connectivity index (χ1v) is 8.73. The highest BCUT2D eigenvalue weighted by atomic mass is 16.5. The quantitative estimate of drug-likeness (QED) is 0.643. The lowest BCUT2D eigenvalue weighted by Crippen LogP contribution is -2.26. The summed E-state index contributed by atoms with van der Waals surface area (Å²) in [6.45, 7) is 4.64. The van der Waals surface area contributed by atoms with E-state index in [4.69, 9.17) is 4.74 Å². The van der Waals surface area contributed by atoms with Crippen molar-refractivity contribution in [1.29, 1.82) is 0 Å². The molecule has 6 heteroatoms. The molecule has 1 amide bonds. The minimum Gasteiger partial charge on any atom is -0.385 e. The Bertz CT molecular complexity index is 550. The third-order valence-corrected chi connectivity index (χ3v) is 4.57. The van der Waals surface area contributed by atoms with Gasteiger partial charge in [0, 0.05) is 46.5 Å². The van der Waals surface area contributed by atoms with Crippen molar-refractivity contribution in [3.05, 3.63) is 17.7 Å².